The molecule has 2 atom stereocenters. The Bertz CT molecular complexity index is 501. The summed E-state index contributed by atoms with van der Waals surface area (Å²) in [4.78, 5) is 23.2. The van der Waals surface area contributed by atoms with Crippen LogP contribution in [0.3, 0.4) is 0 Å². The number of aliphatic hydroxyl groups is 1. The van der Waals surface area contributed by atoms with Gasteiger partial charge in [-0.1, -0.05) is 18.2 Å². The smallest absolute Gasteiger partial charge is 0.337 e. The van der Waals surface area contributed by atoms with E-state index in [2.05, 4.69) is 5.32 Å². The number of benzene rings is 1. The van der Waals surface area contributed by atoms with Crippen molar-refractivity contribution in [2.75, 3.05) is 7.11 Å². The van der Waals surface area contributed by atoms with Crippen molar-refractivity contribution in [2.24, 2.45) is 0 Å². The highest BCUT2D eigenvalue weighted by molar-refractivity contribution is 5.79. The molecular weight excluding hydrogens is 274 g/mol. The van der Waals surface area contributed by atoms with Gasteiger partial charge in [-0.2, -0.15) is 0 Å². The van der Waals surface area contributed by atoms with E-state index in [1.54, 1.807) is 38.1 Å². The maximum Gasteiger partial charge on any atom is 0.337 e. The number of esters is 1. The lowest BCUT2D eigenvalue weighted by Gasteiger charge is -2.25. The van der Waals surface area contributed by atoms with E-state index in [0.717, 1.165) is 0 Å². The van der Waals surface area contributed by atoms with Crippen LogP contribution in [0.25, 0.3) is 0 Å². The first-order valence-electron chi connectivity index (χ1n) is 6.65. The summed E-state index contributed by atoms with van der Waals surface area (Å²) in [6.45, 7) is 4.67. The van der Waals surface area contributed by atoms with Crippen LogP contribution in [0.1, 0.15) is 32.4 Å². The molecule has 0 aliphatic carbocycles. The molecule has 0 heterocycles. The largest absolute Gasteiger partial charge is 0.496 e. The van der Waals surface area contributed by atoms with Crippen molar-refractivity contribution in [1.82, 2.24) is 5.32 Å². The van der Waals surface area contributed by atoms with Crippen LogP contribution in [0.15, 0.2) is 24.3 Å². The van der Waals surface area contributed by atoms with E-state index in [1.165, 1.54) is 14.0 Å². The molecule has 0 aromatic heterocycles. The Kier molecular flexibility index (Phi) is 6.17. The normalized spacial score (nSPS) is 13.4. The van der Waals surface area contributed by atoms with Gasteiger partial charge in [0.05, 0.1) is 19.3 Å². The third-order valence-electron chi connectivity index (χ3n) is 2.74. The molecule has 0 spiro atoms. The van der Waals surface area contributed by atoms with Crippen molar-refractivity contribution in [1.29, 1.82) is 0 Å². The van der Waals surface area contributed by atoms with E-state index < -0.39 is 18.1 Å². The highest BCUT2D eigenvalue weighted by Gasteiger charge is 2.32. The van der Waals surface area contributed by atoms with E-state index >= 15 is 0 Å². The van der Waals surface area contributed by atoms with Gasteiger partial charge >= 0.3 is 5.97 Å². The van der Waals surface area contributed by atoms with Crippen LogP contribution in [-0.2, 0) is 14.3 Å². The maximum atomic E-state index is 11.9. The molecule has 6 nitrogen and oxygen atoms in total. The fourth-order valence-corrected chi connectivity index (χ4v) is 1.91. The van der Waals surface area contributed by atoms with Gasteiger partial charge in [-0.15, -0.1) is 0 Å². The van der Waals surface area contributed by atoms with Gasteiger partial charge in [0.15, 0.2) is 6.10 Å². The highest BCUT2D eigenvalue weighted by Crippen LogP contribution is 2.27. The fourth-order valence-electron chi connectivity index (χ4n) is 1.91. The predicted octanol–water partition coefficient (Wildman–Crippen LogP) is 1.18. The first-order chi connectivity index (χ1) is 9.86. The van der Waals surface area contributed by atoms with Gasteiger partial charge in [0.1, 0.15) is 5.75 Å². The molecular formula is C15H21NO5. The SMILES string of the molecule is COc1ccccc1[C@@H](NC(C)=O)[C@H](O)C(=O)OC(C)C. The Balaban J connectivity index is 3.10. The van der Waals surface area contributed by atoms with Crippen LogP contribution < -0.4 is 10.1 Å². The van der Waals surface area contributed by atoms with Gasteiger partial charge in [0.25, 0.3) is 0 Å². The zero-order valence-corrected chi connectivity index (χ0v) is 12.6. The minimum atomic E-state index is -1.52. The number of aliphatic hydroxyl groups excluding tert-OH is 1. The van der Waals surface area contributed by atoms with Gasteiger partial charge in [-0.3, -0.25) is 4.79 Å². The molecule has 0 aliphatic heterocycles. The van der Waals surface area contributed by atoms with Crippen LogP contribution in [-0.4, -0.2) is 36.3 Å². The molecule has 116 valence electrons. The van der Waals surface area contributed by atoms with Crippen molar-refractivity contribution < 1.29 is 24.2 Å². The average molecular weight is 295 g/mol. The van der Waals surface area contributed by atoms with E-state index in [9.17, 15) is 14.7 Å². The number of carbonyl (C=O) groups is 2. The topological polar surface area (TPSA) is 84.9 Å². The molecule has 1 rings (SSSR count). The lowest BCUT2D eigenvalue weighted by Crippen LogP contribution is -2.41. The van der Waals surface area contributed by atoms with Gasteiger partial charge in [0, 0.05) is 12.5 Å². The van der Waals surface area contributed by atoms with Crippen LogP contribution >= 0.6 is 0 Å². The Labute approximate surface area is 124 Å². The van der Waals surface area contributed by atoms with Crippen LogP contribution in [0.2, 0.25) is 0 Å². The summed E-state index contributed by atoms with van der Waals surface area (Å²) in [6, 6.07) is 5.90. The molecule has 21 heavy (non-hydrogen) atoms. The van der Waals surface area contributed by atoms with Crippen molar-refractivity contribution in [3.8, 4) is 5.75 Å². The second-order valence-corrected chi connectivity index (χ2v) is 4.85. The number of hydrogen-bond donors (Lipinski definition) is 2. The van der Waals surface area contributed by atoms with Crippen LogP contribution in [0.4, 0.5) is 0 Å². The molecule has 1 aromatic rings. The number of carbonyl (C=O) groups excluding carboxylic acids is 2. The summed E-state index contributed by atoms with van der Waals surface area (Å²) in [7, 11) is 1.47. The second kappa shape index (κ2) is 7.64. The predicted molar refractivity (Wildman–Crippen MR) is 76.8 cm³/mol. The molecule has 2 N–H and O–H groups in total. The number of methoxy groups -OCH3 is 1. The Hall–Kier alpha value is -2.08. The summed E-state index contributed by atoms with van der Waals surface area (Å²) in [5.74, 6) is -0.704. The zero-order valence-electron chi connectivity index (χ0n) is 12.6. The first kappa shape index (κ1) is 17.0. The van der Waals surface area contributed by atoms with E-state index in [1.807, 2.05) is 0 Å². The summed E-state index contributed by atoms with van der Waals surface area (Å²) < 4.78 is 10.2. The zero-order chi connectivity index (χ0) is 16.0. The molecule has 0 saturated heterocycles. The maximum absolute atomic E-state index is 11.9. The molecule has 0 unspecified atom stereocenters. The summed E-state index contributed by atoms with van der Waals surface area (Å²) in [5.41, 5.74) is 0.503. The standard InChI is InChI=1S/C15H21NO5/c1-9(2)21-15(19)14(18)13(16-10(3)17)11-7-5-6-8-12(11)20-4/h5-9,13-14,18H,1-4H3,(H,16,17)/t13-,14+/m1/s1. The van der Waals surface area contributed by atoms with Crippen molar-refractivity contribution in [3.63, 3.8) is 0 Å². The van der Waals surface area contributed by atoms with Gasteiger partial charge < -0.3 is 19.9 Å². The van der Waals surface area contributed by atoms with E-state index in [0.29, 0.717) is 11.3 Å². The Morgan fingerprint density at radius 3 is 2.38 bits per heavy atom. The quantitative estimate of drug-likeness (QED) is 0.770. The summed E-state index contributed by atoms with van der Waals surface area (Å²) >= 11 is 0. The van der Waals surface area contributed by atoms with Crippen molar-refractivity contribution >= 4 is 11.9 Å². The van der Waals surface area contributed by atoms with Crippen LogP contribution in [0, 0.1) is 0 Å². The number of amides is 1. The minimum Gasteiger partial charge on any atom is -0.496 e. The second-order valence-electron chi connectivity index (χ2n) is 4.85. The third kappa shape index (κ3) is 4.75. The van der Waals surface area contributed by atoms with Crippen molar-refractivity contribution in [2.45, 2.75) is 39.0 Å². The monoisotopic (exact) mass is 295 g/mol. The molecule has 0 bridgehead atoms. The lowest BCUT2D eigenvalue weighted by atomic mass is 10.00. The molecule has 0 saturated carbocycles. The lowest BCUT2D eigenvalue weighted by molar-refractivity contribution is -0.159. The number of hydrogen-bond acceptors (Lipinski definition) is 5. The number of nitrogens with one attached hydrogen (secondary N) is 1. The third-order valence-corrected chi connectivity index (χ3v) is 2.74. The minimum absolute atomic E-state index is 0.359. The number of rotatable bonds is 6. The van der Waals surface area contributed by atoms with Crippen molar-refractivity contribution in [3.05, 3.63) is 29.8 Å². The van der Waals surface area contributed by atoms with Crippen LogP contribution in [0.5, 0.6) is 5.75 Å². The molecule has 0 aliphatic rings. The van der Waals surface area contributed by atoms with E-state index in [-0.39, 0.29) is 12.0 Å². The number of ether oxygens (including phenoxy) is 2. The molecule has 6 heteroatoms. The molecule has 0 fully saturated rings. The summed E-state index contributed by atoms with van der Waals surface area (Å²) in [6.07, 6.45) is -1.88. The average Bonchev–Trinajstić information content (AvgIpc) is 2.43. The molecule has 1 aromatic carbocycles. The van der Waals surface area contributed by atoms with E-state index in [4.69, 9.17) is 9.47 Å². The highest BCUT2D eigenvalue weighted by atomic mass is 16.6. The Morgan fingerprint density at radius 1 is 1.24 bits per heavy atom. The molecule has 0 radical (unpaired) electrons. The first-order valence-corrected chi connectivity index (χ1v) is 6.65. The van der Waals surface area contributed by atoms with Gasteiger partial charge in [-0.25, -0.2) is 4.79 Å². The van der Waals surface area contributed by atoms with Gasteiger partial charge in [-0.05, 0) is 19.9 Å². The Morgan fingerprint density at radius 2 is 1.86 bits per heavy atom. The fraction of sp³-hybridized carbons (Fsp3) is 0.467. The number of para-hydroxylation sites is 1. The van der Waals surface area contributed by atoms with Gasteiger partial charge in [0.2, 0.25) is 5.91 Å². The summed E-state index contributed by atoms with van der Waals surface area (Å²) in [5, 5.41) is 12.8. The molecule has 1 amide bonds.